The molecule has 1 amide bonds. The lowest BCUT2D eigenvalue weighted by Crippen LogP contribution is -2.28. The largest absolute Gasteiger partial charge is 0.506 e. The Labute approximate surface area is 150 Å². The molecule has 0 saturated carbocycles. The van der Waals surface area contributed by atoms with Gasteiger partial charge in [-0.1, -0.05) is 12.1 Å². The number of pyridine rings is 1. The van der Waals surface area contributed by atoms with E-state index in [-0.39, 0.29) is 30.2 Å². The van der Waals surface area contributed by atoms with Crippen molar-refractivity contribution in [2.24, 2.45) is 0 Å². The van der Waals surface area contributed by atoms with Crippen LogP contribution in [0.3, 0.4) is 0 Å². The molecular weight excluding hydrogens is 340 g/mol. The minimum Gasteiger partial charge on any atom is -0.506 e. The van der Waals surface area contributed by atoms with Crippen molar-refractivity contribution in [3.05, 3.63) is 52.8 Å². The SMILES string of the molecule is COc1ccc(C2SCC(=O)N2Cc2c(CO)cnc(C)c2O)cc1. The fourth-order valence-electron chi connectivity index (χ4n) is 2.84. The van der Waals surface area contributed by atoms with Gasteiger partial charge < -0.3 is 19.8 Å². The van der Waals surface area contributed by atoms with Crippen molar-refractivity contribution < 1.29 is 19.7 Å². The molecule has 1 aliphatic heterocycles. The van der Waals surface area contributed by atoms with E-state index < -0.39 is 0 Å². The maximum Gasteiger partial charge on any atom is 0.234 e. The summed E-state index contributed by atoms with van der Waals surface area (Å²) in [6, 6.07) is 7.60. The molecule has 2 aromatic rings. The molecule has 0 radical (unpaired) electrons. The second kappa shape index (κ2) is 7.33. The third-order valence-corrected chi connectivity index (χ3v) is 5.55. The molecule has 132 valence electrons. The molecular formula is C18H20N2O4S. The number of carbonyl (C=O) groups is 1. The summed E-state index contributed by atoms with van der Waals surface area (Å²) in [5, 5.41) is 19.7. The van der Waals surface area contributed by atoms with Gasteiger partial charge >= 0.3 is 0 Å². The normalized spacial score (nSPS) is 17.2. The summed E-state index contributed by atoms with van der Waals surface area (Å²) < 4.78 is 5.18. The molecule has 2 N–H and O–H groups in total. The van der Waals surface area contributed by atoms with Crippen LogP contribution in [0.1, 0.15) is 27.8 Å². The Balaban J connectivity index is 1.92. The van der Waals surface area contributed by atoms with Crippen LogP contribution in [-0.2, 0) is 17.9 Å². The third-order valence-electron chi connectivity index (χ3n) is 4.30. The topological polar surface area (TPSA) is 82.9 Å². The Morgan fingerprint density at radius 2 is 2.08 bits per heavy atom. The van der Waals surface area contributed by atoms with Crippen molar-refractivity contribution >= 4 is 17.7 Å². The maximum atomic E-state index is 12.4. The van der Waals surface area contributed by atoms with E-state index in [1.54, 1.807) is 36.9 Å². The minimum absolute atomic E-state index is 0.00331. The molecule has 1 atom stereocenters. The summed E-state index contributed by atoms with van der Waals surface area (Å²) in [6.45, 7) is 1.69. The van der Waals surface area contributed by atoms with Gasteiger partial charge in [-0.2, -0.15) is 0 Å². The summed E-state index contributed by atoms with van der Waals surface area (Å²) in [5.41, 5.74) is 2.55. The number of benzene rings is 1. The van der Waals surface area contributed by atoms with E-state index in [9.17, 15) is 15.0 Å². The molecule has 7 heteroatoms. The summed E-state index contributed by atoms with van der Waals surface area (Å²) >= 11 is 1.54. The second-order valence-corrected chi connectivity index (χ2v) is 6.88. The van der Waals surface area contributed by atoms with Crippen molar-refractivity contribution in [3.63, 3.8) is 0 Å². The second-order valence-electron chi connectivity index (χ2n) is 5.81. The van der Waals surface area contributed by atoms with Crippen LogP contribution in [0.25, 0.3) is 0 Å². The Morgan fingerprint density at radius 3 is 2.72 bits per heavy atom. The van der Waals surface area contributed by atoms with Crippen LogP contribution in [0.2, 0.25) is 0 Å². The molecule has 0 bridgehead atoms. The summed E-state index contributed by atoms with van der Waals surface area (Å²) in [5.74, 6) is 1.18. The molecule has 1 aromatic heterocycles. The molecule has 1 aliphatic rings. The molecule has 25 heavy (non-hydrogen) atoms. The van der Waals surface area contributed by atoms with Crippen molar-refractivity contribution in [3.8, 4) is 11.5 Å². The first-order chi connectivity index (χ1) is 12.0. The molecule has 3 rings (SSSR count). The highest BCUT2D eigenvalue weighted by atomic mass is 32.2. The number of methoxy groups -OCH3 is 1. The highest BCUT2D eigenvalue weighted by molar-refractivity contribution is 8.00. The van der Waals surface area contributed by atoms with E-state index >= 15 is 0 Å². The number of thioether (sulfide) groups is 1. The van der Waals surface area contributed by atoms with Crippen LogP contribution in [0.4, 0.5) is 0 Å². The van der Waals surface area contributed by atoms with Crippen molar-refractivity contribution in [2.45, 2.75) is 25.4 Å². The number of ether oxygens (including phenoxy) is 1. The number of aliphatic hydroxyl groups excluding tert-OH is 1. The zero-order valence-electron chi connectivity index (χ0n) is 14.1. The number of nitrogens with zero attached hydrogens (tertiary/aromatic N) is 2. The molecule has 1 unspecified atom stereocenters. The molecule has 6 nitrogen and oxygen atoms in total. The lowest BCUT2D eigenvalue weighted by Gasteiger charge is -2.26. The Kier molecular flexibility index (Phi) is 5.15. The quantitative estimate of drug-likeness (QED) is 0.852. The summed E-state index contributed by atoms with van der Waals surface area (Å²) in [7, 11) is 1.61. The summed E-state index contributed by atoms with van der Waals surface area (Å²) in [4.78, 5) is 18.2. The summed E-state index contributed by atoms with van der Waals surface area (Å²) in [6.07, 6.45) is 1.54. The first kappa shape index (κ1) is 17.6. The van der Waals surface area contributed by atoms with E-state index in [4.69, 9.17) is 4.74 Å². The fourth-order valence-corrected chi connectivity index (χ4v) is 4.02. The molecule has 0 spiro atoms. The lowest BCUT2D eigenvalue weighted by atomic mass is 10.1. The highest BCUT2D eigenvalue weighted by Crippen LogP contribution is 2.41. The van der Waals surface area contributed by atoms with E-state index in [0.29, 0.717) is 22.6 Å². The van der Waals surface area contributed by atoms with Crippen molar-refractivity contribution in [2.75, 3.05) is 12.9 Å². The predicted octanol–water partition coefficient (Wildman–Crippen LogP) is 2.37. The Morgan fingerprint density at radius 1 is 1.36 bits per heavy atom. The number of hydrogen-bond donors (Lipinski definition) is 2. The zero-order chi connectivity index (χ0) is 18.0. The van der Waals surface area contributed by atoms with Crippen LogP contribution in [0, 0.1) is 6.92 Å². The third kappa shape index (κ3) is 3.43. The van der Waals surface area contributed by atoms with Crippen LogP contribution in [0.15, 0.2) is 30.5 Å². The van der Waals surface area contributed by atoms with E-state index in [0.717, 1.165) is 11.3 Å². The number of aromatic hydroxyl groups is 1. The van der Waals surface area contributed by atoms with Crippen LogP contribution in [-0.4, -0.2) is 38.9 Å². The van der Waals surface area contributed by atoms with Gasteiger partial charge in [0.2, 0.25) is 5.91 Å². The van der Waals surface area contributed by atoms with Gasteiger partial charge in [0.25, 0.3) is 0 Å². The van der Waals surface area contributed by atoms with E-state index in [2.05, 4.69) is 4.98 Å². The number of aromatic nitrogens is 1. The average Bonchev–Trinajstić information content (AvgIpc) is 3.00. The number of amides is 1. The molecule has 2 heterocycles. The minimum atomic E-state index is -0.238. The van der Waals surface area contributed by atoms with Crippen LogP contribution in [0.5, 0.6) is 11.5 Å². The van der Waals surface area contributed by atoms with Gasteiger partial charge in [0, 0.05) is 17.3 Å². The molecule has 1 saturated heterocycles. The number of carbonyl (C=O) groups excluding carboxylic acids is 1. The van der Waals surface area contributed by atoms with Gasteiger partial charge in [0.1, 0.15) is 16.9 Å². The Hall–Kier alpha value is -2.25. The average molecular weight is 360 g/mol. The molecule has 0 aliphatic carbocycles. The maximum absolute atomic E-state index is 12.4. The van der Waals surface area contributed by atoms with Gasteiger partial charge in [0.05, 0.1) is 31.7 Å². The van der Waals surface area contributed by atoms with Gasteiger partial charge in [0.15, 0.2) is 0 Å². The smallest absolute Gasteiger partial charge is 0.234 e. The number of rotatable bonds is 5. The van der Waals surface area contributed by atoms with Crippen molar-refractivity contribution in [1.29, 1.82) is 0 Å². The monoisotopic (exact) mass is 360 g/mol. The predicted molar refractivity (Wildman–Crippen MR) is 95.3 cm³/mol. The fraction of sp³-hybridized carbons (Fsp3) is 0.333. The highest BCUT2D eigenvalue weighted by Gasteiger charge is 2.34. The number of hydrogen-bond acceptors (Lipinski definition) is 6. The van der Waals surface area contributed by atoms with Crippen molar-refractivity contribution in [1.82, 2.24) is 9.88 Å². The number of aryl methyl sites for hydroxylation is 1. The van der Waals surface area contributed by atoms with Crippen LogP contribution >= 0.6 is 11.8 Å². The molecule has 1 aromatic carbocycles. The Bertz CT molecular complexity index is 779. The van der Waals surface area contributed by atoms with Gasteiger partial charge in [-0.25, -0.2) is 0 Å². The lowest BCUT2D eigenvalue weighted by molar-refractivity contribution is -0.128. The van der Waals surface area contributed by atoms with E-state index in [1.165, 1.54) is 0 Å². The van der Waals surface area contributed by atoms with Gasteiger partial charge in [-0.05, 0) is 24.6 Å². The van der Waals surface area contributed by atoms with Crippen LogP contribution < -0.4 is 4.74 Å². The first-order valence-corrected chi connectivity index (χ1v) is 8.92. The number of aliphatic hydroxyl groups is 1. The standard InChI is InChI=1S/C18H20N2O4S/c1-11-17(23)15(13(9-21)7-19-11)8-20-16(22)10-25-18(20)12-3-5-14(24-2)6-4-12/h3-7,18,21,23H,8-10H2,1-2H3. The van der Waals surface area contributed by atoms with Gasteiger partial charge in [-0.15, -0.1) is 11.8 Å². The van der Waals surface area contributed by atoms with Gasteiger partial charge in [-0.3, -0.25) is 9.78 Å². The van der Waals surface area contributed by atoms with E-state index in [1.807, 2.05) is 24.3 Å². The zero-order valence-corrected chi connectivity index (χ0v) is 14.9. The first-order valence-electron chi connectivity index (χ1n) is 7.87. The molecule has 1 fully saturated rings.